The lowest BCUT2D eigenvalue weighted by Gasteiger charge is -2.17. The first-order valence-corrected chi connectivity index (χ1v) is 7.85. The van der Waals surface area contributed by atoms with Crippen LogP contribution in [0.5, 0.6) is 0 Å². The van der Waals surface area contributed by atoms with Crippen LogP contribution in [0.3, 0.4) is 0 Å². The highest BCUT2D eigenvalue weighted by molar-refractivity contribution is 5.85. The number of benzene rings is 1. The van der Waals surface area contributed by atoms with Crippen molar-refractivity contribution in [2.75, 3.05) is 6.54 Å². The first kappa shape index (κ1) is 16.3. The van der Waals surface area contributed by atoms with Crippen LogP contribution >= 0.6 is 12.4 Å². The summed E-state index contributed by atoms with van der Waals surface area (Å²) in [6, 6.07) is 6.66. The van der Waals surface area contributed by atoms with Gasteiger partial charge in [-0.3, -0.25) is 4.79 Å². The normalized spacial score (nSPS) is 18.3. The summed E-state index contributed by atoms with van der Waals surface area (Å²) in [5.74, 6) is 0.732. The molecule has 3 N–H and O–H groups in total. The van der Waals surface area contributed by atoms with Gasteiger partial charge >= 0.3 is 0 Å². The van der Waals surface area contributed by atoms with Crippen molar-refractivity contribution in [2.24, 2.45) is 11.7 Å². The molecule has 0 aliphatic heterocycles. The first-order valence-electron chi connectivity index (χ1n) is 7.85. The fourth-order valence-electron chi connectivity index (χ4n) is 3.07. The zero-order chi connectivity index (χ0) is 13.9. The van der Waals surface area contributed by atoms with Crippen molar-refractivity contribution in [3.63, 3.8) is 0 Å². The highest BCUT2D eigenvalue weighted by Gasteiger charge is 2.28. The van der Waals surface area contributed by atoms with Crippen molar-refractivity contribution in [1.29, 1.82) is 0 Å². The number of halogens is 1. The Morgan fingerprint density at radius 1 is 1.24 bits per heavy atom. The fourth-order valence-corrected chi connectivity index (χ4v) is 3.07. The van der Waals surface area contributed by atoms with Crippen molar-refractivity contribution in [3.8, 4) is 0 Å². The second-order valence-corrected chi connectivity index (χ2v) is 6.29. The van der Waals surface area contributed by atoms with Gasteiger partial charge in [0.1, 0.15) is 0 Å². The number of hydrogen-bond acceptors (Lipinski definition) is 2. The summed E-state index contributed by atoms with van der Waals surface area (Å²) in [5, 5.41) is 2.97. The second kappa shape index (κ2) is 7.28. The molecule has 21 heavy (non-hydrogen) atoms. The van der Waals surface area contributed by atoms with E-state index in [9.17, 15) is 4.79 Å². The van der Waals surface area contributed by atoms with Crippen molar-refractivity contribution in [3.05, 3.63) is 34.9 Å². The lowest BCUT2D eigenvalue weighted by Crippen LogP contribution is -2.39. The molecule has 1 aromatic carbocycles. The molecule has 1 amide bonds. The van der Waals surface area contributed by atoms with Gasteiger partial charge in [0.15, 0.2) is 0 Å². The maximum Gasteiger partial charge on any atom is 0.224 e. The van der Waals surface area contributed by atoms with Gasteiger partial charge in [0.2, 0.25) is 5.91 Å². The van der Waals surface area contributed by atoms with Crippen LogP contribution in [-0.2, 0) is 24.1 Å². The van der Waals surface area contributed by atoms with Gasteiger partial charge in [-0.2, -0.15) is 0 Å². The van der Waals surface area contributed by atoms with Crippen LogP contribution in [0.25, 0.3) is 0 Å². The molecule has 1 aromatic rings. The smallest absolute Gasteiger partial charge is 0.224 e. The van der Waals surface area contributed by atoms with Gasteiger partial charge in [-0.25, -0.2) is 0 Å². The summed E-state index contributed by atoms with van der Waals surface area (Å²) in [5.41, 5.74) is 10.0. The fraction of sp³-hybridized carbons (Fsp3) is 0.588. The van der Waals surface area contributed by atoms with Gasteiger partial charge in [0.05, 0.1) is 6.42 Å². The van der Waals surface area contributed by atoms with Crippen LogP contribution in [-0.4, -0.2) is 18.5 Å². The Morgan fingerprint density at radius 2 is 1.95 bits per heavy atom. The largest absolute Gasteiger partial charge is 0.354 e. The molecule has 0 spiro atoms. The Morgan fingerprint density at radius 3 is 2.67 bits per heavy atom. The van der Waals surface area contributed by atoms with Gasteiger partial charge in [0, 0.05) is 12.6 Å². The van der Waals surface area contributed by atoms with Crippen molar-refractivity contribution in [2.45, 2.75) is 51.0 Å². The molecule has 0 heterocycles. The zero-order valence-electron chi connectivity index (χ0n) is 12.4. The average Bonchev–Trinajstić information content (AvgIpc) is 3.29. The number of nitrogens with two attached hydrogens (primary N) is 1. The summed E-state index contributed by atoms with van der Waals surface area (Å²) in [6.07, 6.45) is 7.86. The molecule has 1 unspecified atom stereocenters. The third-order valence-corrected chi connectivity index (χ3v) is 4.54. The lowest BCUT2D eigenvalue weighted by molar-refractivity contribution is -0.120. The Kier molecular flexibility index (Phi) is 5.65. The number of aryl methyl sites for hydroxylation is 2. The molecule has 2 aliphatic carbocycles. The Hall–Kier alpha value is -1.06. The summed E-state index contributed by atoms with van der Waals surface area (Å²) in [4.78, 5) is 12.0. The molecular formula is C17H25ClN2O. The van der Waals surface area contributed by atoms with Crippen LogP contribution in [0.4, 0.5) is 0 Å². The molecule has 0 bridgehead atoms. The number of carbonyl (C=O) groups is 1. The van der Waals surface area contributed by atoms with E-state index in [0.29, 0.717) is 18.9 Å². The lowest BCUT2D eigenvalue weighted by atomic mass is 9.90. The SMILES string of the molecule is Cl.NC(CNC(=O)Cc1ccc2c(c1)CCCC2)C1CC1. The standard InChI is InChI=1S/C17H24N2O.ClH/c18-16(14-7-8-14)11-19-17(20)10-12-5-6-13-3-1-2-4-15(13)9-12;/h5-6,9,14,16H,1-4,7-8,10-11,18H2,(H,19,20);1H. The molecular weight excluding hydrogens is 284 g/mol. The molecule has 0 saturated heterocycles. The highest BCUT2D eigenvalue weighted by Crippen LogP contribution is 2.31. The molecule has 1 atom stereocenters. The number of hydrogen-bond donors (Lipinski definition) is 2. The minimum absolute atomic E-state index is 0. The third kappa shape index (κ3) is 4.45. The summed E-state index contributed by atoms with van der Waals surface area (Å²) in [7, 11) is 0. The Labute approximate surface area is 133 Å². The highest BCUT2D eigenvalue weighted by atomic mass is 35.5. The van der Waals surface area contributed by atoms with E-state index in [1.807, 2.05) is 0 Å². The van der Waals surface area contributed by atoms with E-state index in [1.165, 1.54) is 43.2 Å². The van der Waals surface area contributed by atoms with Gasteiger partial charge < -0.3 is 11.1 Å². The van der Waals surface area contributed by atoms with Crippen LogP contribution < -0.4 is 11.1 Å². The Bertz CT molecular complexity index is 500. The number of rotatable bonds is 5. The van der Waals surface area contributed by atoms with E-state index in [1.54, 1.807) is 0 Å². The van der Waals surface area contributed by atoms with Gasteiger partial charge in [0.25, 0.3) is 0 Å². The van der Waals surface area contributed by atoms with E-state index in [-0.39, 0.29) is 24.4 Å². The van der Waals surface area contributed by atoms with Crippen LogP contribution in [0, 0.1) is 5.92 Å². The van der Waals surface area contributed by atoms with Crippen LogP contribution in [0.2, 0.25) is 0 Å². The van der Waals surface area contributed by atoms with Gasteiger partial charge in [-0.15, -0.1) is 12.4 Å². The third-order valence-electron chi connectivity index (χ3n) is 4.54. The number of fused-ring (bicyclic) bond motifs is 1. The summed E-state index contributed by atoms with van der Waals surface area (Å²) in [6.45, 7) is 0.619. The van der Waals surface area contributed by atoms with E-state index in [4.69, 9.17) is 5.73 Å². The number of carbonyl (C=O) groups excluding carboxylic acids is 1. The number of nitrogens with one attached hydrogen (secondary N) is 1. The molecule has 3 rings (SSSR count). The van der Waals surface area contributed by atoms with Crippen molar-refractivity contribution in [1.82, 2.24) is 5.32 Å². The van der Waals surface area contributed by atoms with E-state index in [0.717, 1.165) is 12.0 Å². The van der Waals surface area contributed by atoms with Crippen LogP contribution in [0.15, 0.2) is 18.2 Å². The van der Waals surface area contributed by atoms with Gasteiger partial charge in [-0.1, -0.05) is 18.2 Å². The van der Waals surface area contributed by atoms with Crippen molar-refractivity contribution >= 4 is 18.3 Å². The second-order valence-electron chi connectivity index (χ2n) is 6.29. The predicted octanol–water partition coefficient (Wildman–Crippen LogP) is 2.38. The van der Waals surface area contributed by atoms with E-state index < -0.39 is 0 Å². The quantitative estimate of drug-likeness (QED) is 0.877. The number of amides is 1. The minimum Gasteiger partial charge on any atom is -0.354 e. The molecule has 3 nitrogen and oxygen atoms in total. The molecule has 116 valence electrons. The molecule has 0 aromatic heterocycles. The summed E-state index contributed by atoms with van der Waals surface area (Å²) >= 11 is 0. The van der Waals surface area contributed by atoms with Crippen molar-refractivity contribution < 1.29 is 4.79 Å². The maximum atomic E-state index is 12.0. The Balaban J connectivity index is 0.00000161. The molecule has 4 heteroatoms. The minimum atomic E-state index is 0. The topological polar surface area (TPSA) is 55.1 Å². The molecule has 0 radical (unpaired) electrons. The molecule has 1 fully saturated rings. The monoisotopic (exact) mass is 308 g/mol. The predicted molar refractivity (Wildman–Crippen MR) is 87.7 cm³/mol. The molecule has 1 saturated carbocycles. The van der Waals surface area contributed by atoms with E-state index in [2.05, 4.69) is 23.5 Å². The first-order chi connectivity index (χ1) is 9.72. The van der Waals surface area contributed by atoms with E-state index >= 15 is 0 Å². The average molecular weight is 309 g/mol. The van der Waals surface area contributed by atoms with Crippen LogP contribution in [0.1, 0.15) is 42.4 Å². The summed E-state index contributed by atoms with van der Waals surface area (Å²) < 4.78 is 0. The maximum absolute atomic E-state index is 12.0. The van der Waals surface area contributed by atoms with Gasteiger partial charge in [-0.05, 0) is 61.1 Å². The zero-order valence-corrected chi connectivity index (χ0v) is 13.3. The molecule has 2 aliphatic rings.